The molecule has 8 heteroatoms. The summed E-state index contributed by atoms with van der Waals surface area (Å²) in [6.07, 6.45) is 4.96. The lowest BCUT2D eigenvalue weighted by Crippen LogP contribution is -2.37. The first-order valence-electron chi connectivity index (χ1n) is 9.34. The lowest BCUT2D eigenvalue weighted by atomic mass is 10.1. The maximum Gasteiger partial charge on any atom is 0.267 e. The molecule has 2 atom stereocenters. The molecule has 1 fully saturated rings. The highest BCUT2D eigenvalue weighted by molar-refractivity contribution is 5.88. The van der Waals surface area contributed by atoms with E-state index in [0.29, 0.717) is 24.7 Å². The predicted octanol–water partition coefficient (Wildman–Crippen LogP) is 2.30. The third-order valence-electron chi connectivity index (χ3n) is 5.01. The SMILES string of the molecule is O=c1ccc(-c2cccnc2)nn1C1COCC1Nc1ncnc2ccccc12. The standard InChI is InChI=1S/C21H18N6O2/c28-20-8-7-16(14-4-3-9-22-10-14)26-27(20)19-12-29-11-18(19)25-21-15-5-1-2-6-17(15)23-13-24-21/h1-10,13,18-19H,11-12H2,(H,23,24,25). The molecule has 0 bridgehead atoms. The number of fused-ring (bicyclic) bond motifs is 1. The molecule has 5 rings (SSSR count). The van der Waals surface area contributed by atoms with Gasteiger partial charge in [0, 0.05) is 29.4 Å². The Hall–Kier alpha value is -3.65. The predicted molar refractivity (Wildman–Crippen MR) is 109 cm³/mol. The second-order valence-electron chi connectivity index (χ2n) is 6.84. The van der Waals surface area contributed by atoms with Crippen molar-refractivity contribution in [2.45, 2.75) is 12.1 Å². The Morgan fingerprint density at radius 2 is 1.97 bits per heavy atom. The van der Waals surface area contributed by atoms with Gasteiger partial charge in [0.1, 0.15) is 18.2 Å². The monoisotopic (exact) mass is 386 g/mol. The van der Waals surface area contributed by atoms with Crippen LogP contribution in [0.15, 0.2) is 72.0 Å². The van der Waals surface area contributed by atoms with Crippen LogP contribution in [0.1, 0.15) is 6.04 Å². The summed E-state index contributed by atoms with van der Waals surface area (Å²) in [4.78, 5) is 25.4. The number of para-hydroxylation sites is 1. The molecule has 0 amide bonds. The molecule has 1 aliphatic rings. The quantitative estimate of drug-likeness (QED) is 0.575. The number of hydrogen-bond donors (Lipinski definition) is 1. The maximum atomic E-state index is 12.6. The zero-order chi connectivity index (χ0) is 19.6. The third kappa shape index (κ3) is 3.34. The summed E-state index contributed by atoms with van der Waals surface area (Å²) < 4.78 is 7.19. The van der Waals surface area contributed by atoms with Crippen molar-refractivity contribution in [3.63, 3.8) is 0 Å². The van der Waals surface area contributed by atoms with Crippen molar-refractivity contribution in [2.24, 2.45) is 0 Å². The van der Waals surface area contributed by atoms with Crippen molar-refractivity contribution in [2.75, 3.05) is 18.5 Å². The average molecular weight is 386 g/mol. The van der Waals surface area contributed by atoms with E-state index in [9.17, 15) is 4.79 Å². The van der Waals surface area contributed by atoms with Crippen LogP contribution in [-0.4, -0.2) is 44.0 Å². The summed E-state index contributed by atoms with van der Waals surface area (Å²) in [5, 5.41) is 8.94. The van der Waals surface area contributed by atoms with Crippen LogP contribution in [0.4, 0.5) is 5.82 Å². The summed E-state index contributed by atoms with van der Waals surface area (Å²) in [6, 6.07) is 14.4. The maximum absolute atomic E-state index is 12.6. The fourth-order valence-electron chi connectivity index (χ4n) is 3.55. The molecule has 1 aromatic carbocycles. The highest BCUT2D eigenvalue weighted by Crippen LogP contribution is 2.25. The fraction of sp³-hybridized carbons (Fsp3) is 0.190. The molecular weight excluding hydrogens is 368 g/mol. The molecule has 3 aromatic heterocycles. The first-order chi connectivity index (χ1) is 14.3. The zero-order valence-electron chi connectivity index (χ0n) is 15.5. The number of aromatic nitrogens is 5. The van der Waals surface area contributed by atoms with E-state index in [2.05, 4.69) is 25.4 Å². The van der Waals surface area contributed by atoms with Crippen LogP contribution >= 0.6 is 0 Å². The molecule has 4 heterocycles. The van der Waals surface area contributed by atoms with Gasteiger partial charge in [-0.25, -0.2) is 14.6 Å². The van der Waals surface area contributed by atoms with Crippen LogP contribution in [0.5, 0.6) is 0 Å². The van der Waals surface area contributed by atoms with E-state index < -0.39 is 0 Å². The average Bonchev–Trinajstić information content (AvgIpc) is 3.23. The molecule has 1 saturated heterocycles. The van der Waals surface area contributed by atoms with Crippen molar-refractivity contribution < 1.29 is 4.74 Å². The third-order valence-corrected chi connectivity index (χ3v) is 5.01. The first kappa shape index (κ1) is 17.4. The highest BCUT2D eigenvalue weighted by atomic mass is 16.5. The topological polar surface area (TPSA) is 94.8 Å². The van der Waals surface area contributed by atoms with E-state index in [1.807, 2.05) is 36.4 Å². The van der Waals surface area contributed by atoms with E-state index in [-0.39, 0.29) is 17.6 Å². The van der Waals surface area contributed by atoms with Gasteiger partial charge in [-0.05, 0) is 30.3 Å². The van der Waals surface area contributed by atoms with Gasteiger partial charge in [0.25, 0.3) is 5.56 Å². The van der Waals surface area contributed by atoms with Gasteiger partial charge in [-0.3, -0.25) is 9.78 Å². The lowest BCUT2D eigenvalue weighted by Gasteiger charge is -2.21. The number of rotatable bonds is 4. The molecule has 0 aliphatic carbocycles. The Bertz CT molecular complexity index is 1210. The Labute approximate surface area is 166 Å². The van der Waals surface area contributed by atoms with Gasteiger partial charge in [0.15, 0.2) is 0 Å². The van der Waals surface area contributed by atoms with Crippen LogP contribution in [0.2, 0.25) is 0 Å². The molecule has 1 aliphatic heterocycles. The van der Waals surface area contributed by atoms with Gasteiger partial charge in [-0.2, -0.15) is 5.10 Å². The number of pyridine rings is 1. The summed E-state index contributed by atoms with van der Waals surface area (Å²) >= 11 is 0. The molecule has 8 nitrogen and oxygen atoms in total. The van der Waals surface area contributed by atoms with Gasteiger partial charge in [0.2, 0.25) is 0 Å². The normalized spacial score (nSPS) is 18.8. The summed E-state index contributed by atoms with van der Waals surface area (Å²) in [5.74, 6) is 0.715. The molecule has 144 valence electrons. The number of nitrogens with zero attached hydrogens (tertiary/aromatic N) is 5. The minimum Gasteiger partial charge on any atom is -0.377 e. The number of hydrogen-bond acceptors (Lipinski definition) is 7. The van der Waals surface area contributed by atoms with Crippen LogP contribution < -0.4 is 10.9 Å². The Morgan fingerprint density at radius 1 is 1.03 bits per heavy atom. The Morgan fingerprint density at radius 3 is 2.86 bits per heavy atom. The van der Waals surface area contributed by atoms with Crippen LogP contribution in [0, 0.1) is 0 Å². The van der Waals surface area contributed by atoms with Crippen LogP contribution in [0.25, 0.3) is 22.2 Å². The number of nitrogens with one attached hydrogen (secondary N) is 1. The van der Waals surface area contributed by atoms with Crippen molar-refractivity contribution >= 4 is 16.7 Å². The largest absolute Gasteiger partial charge is 0.377 e. The zero-order valence-corrected chi connectivity index (χ0v) is 15.5. The minimum absolute atomic E-state index is 0.150. The Kier molecular flexibility index (Phi) is 4.45. The molecular formula is C21H18N6O2. The van der Waals surface area contributed by atoms with E-state index in [0.717, 1.165) is 16.5 Å². The van der Waals surface area contributed by atoms with E-state index >= 15 is 0 Å². The molecule has 4 aromatic rings. The van der Waals surface area contributed by atoms with Gasteiger partial charge >= 0.3 is 0 Å². The number of benzene rings is 1. The second-order valence-corrected chi connectivity index (χ2v) is 6.84. The van der Waals surface area contributed by atoms with Crippen LogP contribution in [0.3, 0.4) is 0 Å². The van der Waals surface area contributed by atoms with Crippen molar-refractivity contribution in [1.82, 2.24) is 24.7 Å². The molecule has 2 unspecified atom stereocenters. The number of anilines is 1. The first-order valence-corrected chi connectivity index (χ1v) is 9.34. The molecule has 0 radical (unpaired) electrons. The van der Waals surface area contributed by atoms with E-state index in [1.165, 1.54) is 17.1 Å². The van der Waals surface area contributed by atoms with Crippen molar-refractivity contribution in [3.8, 4) is 11.3 Å². The lowest BCUT2D eigenvalue weighted by molar-refractivity contribution is 0.183. The van der Waals surface area contributed by atoms with Crippen molar-refractivity contribution in [1.29, 1.82) is 0 Å². The second kappa shape index (κ2) is 7.40. The van der Waals surface area contributed by atoms with Crippen LogP contribution in [-0.2, 0) is 4.74 Å². The smallest absolute Gasteiger partial charge is 0.267 e. The Balaban J connectivity index is 1.49. The molecule has 29 heavy (non-hydrogen) atoms. The van der Waals surface area contributed by atoms with E-state index in [4.69, 9.17) is 4.74 Å². The fourth-order valence-corrected chi connectivity index (χ4v) is 3.55. The van der Waals surface area contributed by atoms with Gasteiger partial charge in [-0.1, -0.05) is 12.1 Å². The summed E-state index contributed by atoms with van der Waals surface area (Å²) in [7, 11) is 0. The van der Waals surface area contributed by atoms with E-state index in [1.54, 1.807) is 18.5 Å². The van der Waals surface area contributed by atoms with Gasteiger partial charge < -0.3 is 10.1 Å². The number of ether oxygens (including phenoxy) is 1. The van der Waals surface area contributed by atoms with Crippen molar-refractivity contribution in [3.05, 3.63) is 77.6 Å². The minimum atomic E-state index is -0.257. The molecule has 0 spiro atoms. The summed E-state index contributed by atoms with van der Waals surface area (Å²) in [5.41, 5.74) is 2.23. The van der Waals surface area contributed by atoms with Gasteiger partial charge in [0.05, 0.1) is 30.5 Å². The highest BCUT2D eigenvalue weighted by Gasteiger charge is 2.32. The van der Waals surface area contributed by atoms with Gasteiger partial charge in [-0.15, -0.1) is 0 Å². The molecule has 0 saturated carbocycles. The molecule has 1 N–H and O–H groups in total. The summed E-state index contributed by atoms with van der Waals surface area (Å²) in [6.45, 7) is 0.846.